The van der Waals surface area contributed by atoms with Crippen LogP contribution < -0.4 is 15.8 Å². The van der Waals surface area contributed by atoms with Gasteiger partial charge >= 0.3 is 0 Å². The Balaban J connectivity index is 1.32. The van der Waals surface area contributed by atoms with E-state index in [2.05, 4.69) is 102 Å². The summed E-state index contributed by atoms with van der Waals surface area (Å²) in [5.41, 5.74) is 4.71. The average molecular weight is 444 g/mol. The van der Waals surface area contributed by atoms with Crippen LogP contribution >= 0.6 is 0 Å². The zero-order valence-corrected chi connectivity index (χ0v) is 19.3. The van der Waals surface area contributed by atoms with Crippen molar-refractivity contribution in [2.75, 3.05) is 0 Å². The minimum absolute atomic E-state index is 0.0213. The molecule has 3 nitrogen and oxygen atoms in total. The maximum atomic E-state index is 5.02. The molecule has 1 heterocycles. The minimum Gasteiger partial charge on any atom is -0.347 e. The molecule has 6 rings (SSSR count). The lowest BCUT2D eigenvalue weighted by Gasteiger charge is -2.29. The molecule has 2 unspecified atom stereocenters. The second-order valence-corrected chi connectivity index (χ2v) is 9.26. The van der Waals surface area contributed by atoms with Gasteiger partial charge in [0.2, 0.25) is 0 Å². The molecule has 0 radical (unpaired) electrons. The SMILES string of the molecule is C1=CCC(C2N=C(C3=CCCC=C3)N=C(c3ccc(-c4ccc5c(c4)=CCCC=5)cc3)N2)C=C1. The molecule has 0 saturated carbocycles. The fraction of sp³-hybridized carbons (Fsp3) is 0.226. The lowest BCUT2D eigenvalue weighted by atomic mass is 9.96. The molecular weight excluding hydrogens is 414 g/mol. The molecule has 2 atom stereocenters. The van der Waals surface area contributed by atoms with Gasteiger partial charge in [0.15, 0.2) is 5.84 Å². The lowest BCUT2D eigenvalue weighted by Crippen LogP contribution is -2.43. The summed E-state index contributed by atoms with van der Waals surface area (Å²) in [5, 5.41) is 6.32. The molecule has 0 spiro atoms. The standard InChI is InChI=1S/C31H29N3/c1-3-10-24(11-4-1)29-32-30(25-12-5-2-6-13-25)34-31(33-29)26-18-15-23(16-19-26)28-20-17-22-9-7-8-14-27(22)21-28/h1,3-5,9-10,12-21,24,29H,2,6-8,11H2,(H,32,33,34). The summed E-state index contributed by atoms with van der Waals surface area (Å²) in [5.74, 6) is 2.06. The summed E-state index contributed by atoms with van der Waals surface area (Å²) in [6.45, 7) is 0. The summed E-state index contributed by atoms with van der Waals surface area (Å²) in [6, 6.07) is 15.5. The van der Waals surface area contributed by atoms with Gasteiger partial charge in [-0.15, -0.1) is 0 Å². The van der Waals surface area contributed by atoms with Crippen LogP contribution in [0.2, 0.25) is 0 Å². The second-order valence-electron chi connectivity index (χ2n) is 9.26. The van der Waals surface area contributed by atoms with Crippen LogP contribution in [0.25, 0.3) is 23.3 Å². The van der Waals surface area contributed by atoms with E-state index in [1.165, 1.54) is 21.6 Å². The number of hydrogen-bond donors (Lipinski definition) is 1. The Morgan fingerprint density at radius 2 is 1.53 bits per heavy atom. The maximum Gasteiger partial charge on any atom is 0.158 e. The van der Waals surface area contributed by atoms with Gasteiger partial charge in [-0.25, -0.2) is 9.98 Å². The highest BCUT2D eigenvalue weighted by molar-refractivity contribution is 6.14. The molecule has 1 N–H and O–H groups in total. The Morgan fingerprint density at radius 1 is 0.735 bits per heavy atom. The van der Waals surface area contributed by atoms with E-state index in [1.807, 2.05) is 0 Å². The minimum atomic E-state index is -0.0213. The topological polar surface area (TPSA) is 36.8 Å². The first-order chi connectivity index (χ1) is 16.8. The molecule has 4 aliphatic rings. The Bertz CT molecular complexity index is 1400. The molecule has 0 amide bonds. The molecule has 3 aliphatic carbocycles. The molecule has 34 heavy (non-hydrogen) atoms. The average Bonchev–Trinajstić information content (AvgIpc) is 2.93. The highest BCUT2D eigenvalue weighted by Gasteiger charge is 2.25. The van der Waals surface area contributed by atoms with Crippen LogP contribution in [0.5, 0.6) is 0 Å². The Labute approximate surface area is 201 Å². The van der Waals surface area contributed by atoms with Crippen molar-refractivity contribution < 1.29 is 0 Å². The third-order valence-electron chi connectivity index (χ3n) is 6.91. The highest BCUT2D eigenvalue weighted by Crippen LogP contribution is 2.24. The molecule has 0 fully saturated rings. The smallest absolute Gasteiger partial charge is 0.158 e. The molecule has 168 valence electrons. The van der Waals surface area contributed by atoms with E-state index in [0.717, 1.165) is 54.9 Å². The Morgan fingerprint density at radius 3 is 2.32 bits per heavy atom. The fourth-order valence-electron chi connectivity index (χ4n) is 4.99. The first-order valence-corrected chi connectivity index (χ1v) is 12.4. The largest absolute Gasteiger partial charge is 0.347 e. The molecule has 0 saturated heterocycles. The van der Waals surface area contributed by atoms with E-state index >= 15 is 0 Å². The van der Waals surface area contributed by atoms with Gasteiger partial charge in [0.1, 0.15) is 12.0 Å². The van der Waals surface area contributed by atoms with E-state index in [4.69, 9.17) is 9.98 Å². The van der Waals surface area contributed by atoms with Gasteiger partial charge in [-0.05, 0) is 59.7 Å². The summed E-state index contributed by atoms with van der Waals surface area (Å²) in [7, 11) is 0. The van der Waals surface area contributed by atoms with Crippen LogP contribution in [-0.2, 0) is 0 Å². The van der Waals surface area contributed by atoms with Crippen molar-refractivity contribution >= 4 is 23.8 Å². The lowest BCUT2D eigenvalue weighted by molar-refractivity contribution is 0.475. The number of benzene rings is 2. The van der Waals surface area contributed by atoms with Gasteiger partial charge in [-0.2, -0.15) is 0 Å². The van der Waals surface area contributed by atoms with Crippen LogP contribution in [-0.4, -0.2) is 17.8 Å². The first kappa shape index (κ1) is 20.9. The predicted octanol–water partition coefficient (Wildman–Crippen LogP) is 5.19. The zero-order valence-electron chi connectivity index (χ0n) is 19.3. The number of aliphatic imine (C=N–C) groups is 2. The number of hydrogen-bond acceptors (Lipinski definition) is 3. The van der Waals surface area contributed by atoms with Crippen molar-refractivity contribution in [1.29, 1.82) is 0 Å². The van der Waals surface area contributed by atoms with Crippen molar-refractivity contribution in [2.24, 2.45) is 15.9 Å². The van der Waals surface area contributed by atoms with Crippen molar-refractivity contribution in [2.45, 2.75) is 38.3 Å². The summed E-state index contributed by atoms with van der Waals surface area (Å²) in [4.78, 5) is 9.98. The summed E-state index contributed by atoms with van der Waals surface area (Å²) < 4.78 is 0. The fourth-order valence-corrected chi connectivity index (χ4v) is 4.99. The third-order valence-corrected chi connectivity index (χ3v) is 6.91. The van der Waals surface area contributed by atoms with Crippen LogP contribution in [0.3, 0.4) is 0 Å². The number of allylic oxidation sites excluding steroid dienone is 5. The molecule has 0 aromatic heterocycles. The van der Waals surface area contributed by atoms with Gasteiger partial charge in [-0.1, -0.05) is 91.1 Å². The molecular formula is C31H29N3. The monoisotopic (exact) mass is 443 g/mol. The van der Waals surface area contributed by atoms with Crippen LogP contribution in [0.15, 0.2) is 101 Å². The normalized spacial score (nSPS) is 23.0. The quantitative estimate of drug-likeness (QED) is 0.694. The molecule has 2 aromatic carbocycles. The van der Waals surface area contributed by atoms with Gasteiger partial charge in [-0.3, -0.25) is 0 Å². The number of nitrogens with one attached hydrogen (secondary N) is 1. The van der Waals surface area contributed by atoms with E-state index in [9.17, 15) is 0 Å². The van der Waals surface area contributed by atoms with Crippen LogP contribution in [0.4, 0.5) is 0 Å². The van der Waals surface area contributed by atoms with Gasteiger partial charge < -0.3 is 5.32 Å². The van der Waals surface area contributed by atoms with Gasteiger partial charge in [0, 0.05) is 17.1 Å². The second kappa shape index (κ2) is 9.26. The number of fused-ring (bicyclic) bond motifs is 1. The molecule has 3 heteroatoms. The summed E-state index contributed by atoms with van der Waals surface area (Å²) >= 11 is 0. The van der Waals surface area contributed by atoms with Crippen molar-refractivity contribution in [3.63, 3.8) is 0 Å². The van der Waals surface area contributed by atoms with Gasteiger partial charge in [0.05, 0.1) is 0 Å². The Hall–Kier alpha value is -3.72. The maximum absolute atomic E-state index is 5.02. The number of amidine groups is 2. The molecule has 2 aromatic rings. The number of nitrogens with zero attached hydrogens (tertiary/aromatic N) is 2. The first-order valence-electron chi connectivity index (χ1n) is 12.4. The van der Waals surface area contributed by atoms with Crippen LogP contribution in [0, 0.1) is 5.92 Å². The van der Waals surface area contributed by atoms with E-state index in [1.54, 1.807) is 0 Å². The molecule has 1 aliphatic heterocycles. The van der Waals surface area contributed by atoms with E-state index in [0.29, 0.717) is 5.92 Å². The zero-order chi connectivity index (χ0) is 22.7. The van der Waals surface area contributed by atoms with E-state index < -0.39 is 0 Å². The number of rotatable bonds is 4. The van der Waals surface area contributed by atoms with Crippen molar-refractivity contribution in [1.82, 2.24) is 5.32 Å². The van der Waals surface area contributed by atoms with Crippen LogP contribution in [0.1, 0.15) is 37.7 Å². The van der Waals surface area contributed by atoms with Crippen molar-refractivity contribution in [3.05, 3.63) is 107 Å². The highest BCUT2D eigenvalue weighted by atomic mass is 15.2. The summed E-state index contributed by atoms with van der Waals surface area (Å²) in [6.07, 6.45) is 25.4. The van der Waals surface area contributed by atoms with Gasteiger partial charge in [0.25, 0.3) is 0 Å². The van der Waals surface area contributed by atoms with Crippen molar-refractivity contribution in [3.8, 4) is 11.1 Å². The third kappa shape index (κ3) is 4.26. The predicted molar refractivity (Wildman–Crippen MR) is 143 cm³/mol. The van der Waals surface area contributed by atoms with E-state index in [-0.39, 0.29) is 6.17 Å². The Kier molecular flexibility index (Phi) is 5.68. The molecule has 0 bridgehead atoms.